The molecule has 0 amide bonds. The summed E-state index contributed by atoms with van der Waals surface area (Å²) in [4.78, 5) is 10.9. The van der Waals surface area contributed by atoms with Gasteiger partial charge in [-0.05, 0) is 11.4 Å². The number of nitriles is 1. The molecule has 13 heavy (non-hydrogen) atoms. The van der Waals surface area contributed by atoms with Crippen LogP contribution in [0.1, 0.15) is 4.88 Å². The molecule has 0 aliphatic carbocycles. The van der Waals surface area contributed by atoms with Crippen LogP contribution < -0.4 is 0 Å². The monoisotopic (exact) mass is 219 g/mol. The van der Waals surface area contributed by atoms with Crippen molar-refractivity contribution in [2.45, 2.75) is 0 Å². The Morgan fingerprint density at radius 3 is 2.77 bits per heavy atom. The topological polar surface area (TPSA) is 61.1 Å². The minimum absolute atomic E-state index is 0. The Labute approximate surface area is 122 Å². The number of carbonyl (C=O) groups is 1. The predicted molar refractivity (Wildman–Crippen MR) is 52.7 cm³/mol. The third kappa shape index (κ3) is 4.18. The van der Waals surface area contributed by atoms with Crippen molar-refractivity contribution in [1.29, 1.82) is 5.26 Å². The van der Waals surface area contributed by atoms with Gasteiger partial charge in [0.15, 0.2) is 0 Å². The van der Waals surface area contributed by atoms with Gasteiger partial charge in [-0.2, -0.15) is 5.26 Å². The second kappa shape index (κ2) is 6.48. The second-order valence-corrected chi connectivity index (χ2v) is 2.93. The molecule has 0 aromatic carbocycles. The Balaban J connectivity index is 0.00000144. The van der Waals surface area contributed by atoms with Crippen LogP contribution in [-0.2, 0) is 4.79 Å². The average molecular weight is 219 g/mol. The first kappa shape index (κ1) is 13.0. The van der Waals surface area contributed by atoms with Gasteiger partial charge < -0.3 is 5.11 Å². The van der Waals surface area contributed by atoms with Crippen molar-refractivity contribution in [1.82, 2.24) is 0 Å². The first-order valence-electron chi connectivity index (χ1n) is 3.12. The quantitative estimate of drug-likeness (QED) is 0.460. The van der Waals surface area contributed by atoms with Crippen molar-refractivity contribution in [2.24, 2.45) is 0 Å². The van der Waals surface area contributed by atoms with Gasteiger partial charge in [0.25, 0.3) is 0 Å². The van der Waals surface area contributed by atoms with E-state index in [1.807, 2.05) is 6.07 Å². The Hall–Kier alpha value is 0.0364. The molecular formula is C8H6KNO2S. The van der Waals surface area contributed by atoms with Crippen LogP contribution in [-0.4, -0.2) is 62.5 Å². The fraction of sp³-hybridized carbons (Fsp3) is 0. The summed E-state index contributed by atoms with van der Waals surface area (Å²) in [6.07, 6.45) is 0.909. The average Bonchev–Trinajstić information content (AvgIpc) is 2.51. The van der Waals surface area contributed by atoms with E-state index >= 15 is 0 Å². The van der Waals surface area contributed by atoms with Crippen LogP contribution in [0.15, 0.2) is 23.6 Å². The molecule has 1 aromatic heterocycles. The molecule has 0 spiro atoms. The second-order valence-electron chi connectivity index (χ2n) is 1.99. The third-order valence-corrected chi connectivity index (χ3v) is 2.08. The molecule has 0 saturated heterocycles. The van der Waals surface area contributed by atoms with Crippen molar-refractivity contribution >= 4 is 74.3 Å². The summed E-state index contributed by atoms with van der Waals surface area (Å²) in [6, 6.07) is 5.31. The first-order chi connectivity index (χ1) is 5.74. The Kier molecular flexibility index (Phi) is 6.50. The van der Waals surface area contributed by atoms with Gasteiger partial charge in [-0.15, -0.1) is 11.3 Å². The molecule has 0 atom stereocenters. The predicted octanol–water partition coefficient (Wildman–Crippen LogP) is 1.09. The zero-order valence-corrected chi connectivity index (χ0v) is 6.84. The van der Waals surface area contributed by atoms with Gasteiger partial charge in [0.2, 0.25) is 0 Å². The number of rotatable bonds is 2. The summed E-state index contributed by atoms with van der Waals surface area (Å²) in [5.41, 5.74) is 0.192. The van der Waals surface area contributed by atoms with Gasteiger partial charge in [-0.3, -0.25) is 0 Å². The Morgan fingerprint density at radius 1 is 1.69 bits per heavy atom. The first-order valence-corrected chi connectivity index (χ1v) is 4.00. The molecule has 62 valence electrons. The molecular weight excluding hydrogens is 213 g/mol. The SMILES string of the molecule is N#CC(=CC(=O)O)c1cccs1.[KH]. The Bertz CT molecular complexity index is 351. The van der Waals surface area contributed by atoms with Crippen molar-refractivity contribution < 1.29 is 9.90 Å². The third-order valence-electron chi connectivity index (χ3n) is 1.17. The molecule has 3 nitrogen and oxygen atoms in total. The van der Waals surface area contributed by atoms with Crippen LogP contribution in [0, 0.1) is 11.3 Å². The molecule has 1 rings (SSSR count). The molecule has 0 aliphatic heterocycles. The van der Waals surface area contributed by atoms with Crippen LogP contribution in [0.3, 0.4) is 0 Å². The molecule has 1 heterocycles. The zero-order chi connectivity index (χ0) is 8.97. The standard InChI is InChI=1S/C8H5NO2S.K.H/c9-5-6(4-8(10)11)7-2-1-3-12-7;;/h1-4H,(H,10,11);;. The molecule has 0 unspecified atom stereocenters. The van der Waals surface area contributed by atoms with E-state index in [1.54, 1.807) is 17.5 Å². The van der Waals surface area contributed by atoms with Gasteiger partial charge in [-0.25, -0.2) is 4.79 Å². The van der Waals surface area contributed by atoms with Crippen molar-refractivity contribution in [2.75, 3.05) is 0 Å². The van der Waals surface area contributed by atoms with Crippen molar-refractivity contribution in [3.8, 4) is 6.07 Å². The van der Waals surface area contributed by atoms with Crippen LogP contribution in [0.5, 0.6) is 0 Å². The molecule has 0 fully saturated rings. The molecule has 0 radical (unpaired) electrons. The number of aliphatic carboxylic acids is 1. The fourth-order valence-corrected chi connectivity index (χ4v) is 1.41. The van der Waals surface area contributed by atoms with E-state index < -0.39 is 5.97 Å². The number of allylic oxidation sites excluding steroid dienone is 1. The summed E-state index contributed by atoms with van der Waals surface area (Å²) >= 11 is 1.34. The zero-order valence-electron chi connectivity index (χ0n) is 6.02. The molecule has 0 aliphatic rings. The van der Waals surface area contributed by atoms with Crippen LogP contribution in [0.2, 0.25) is 0 Å². The fourth-order valence-electron chi connectivity index (χ4n) is 0.714. The normalized spacial score (nSPS) is 9.92. The number of hydrogen-bond acceptors (Lipinski definition) is 3. The van der Waals surface area contributed by atoms with Gasteiger partial charge in [0.05, 0.1) is 5.57 Å². The summed E-state index contributed by atoms with van der Waals surface area (Å²) < 4.78 is 0. The van der Waals surface area contributed by atoms with Crippen molar-refractivity contribution in [3.05, 3.63) is 28.5 Å². The van der Waals surface area contributed by atoms with Crippen molar-refractivity contribution in [3.63, 3.8) is 0 Å². The van der Waals surface area contributed by atoms with Crippen LogP contribution >= 0.6 is 11.3 Å². The van der Waals surface area contributed by atoms with E-state index in [-0.39, 0.29) is 57.0 Å². The molecule has 0 saturated carbocycles. The minimum atomic E-state index is -1.10. The van der Waals surface area contributed by atoms with E-state index in [4.69, 9.17) is 10.4 Å². The maximum atomic E-state index is 10.2. The van der Waals surface area contributed by atoms with E-state index in [0.29, 0.717) is 4.88 Å². The Morgan fingerprint density at radius 2 is 2.38 bits per heavy atom. The maximum absolute atomic E-state index is 10.2. The van der Waals surface area contributed by atoms with Crippen LogP contribution in [0.25, 0.3) is 5.57 Å². The van der Waals surface area contributed by atoms with Gasteiger partial charge in [0.1, 0.15) is 6.07 Å². The summed E-state index contributed by atoms with van der Waals surface area (Å²) in [7, 11) is 0. The van der Waals surface area contributed by atoms with Gasteiger partial charge in [-0.1, -0.05) is 6.07 Å². The molecule has 1 N–H and O–H groups in total. The van der Waals surface area contributed by atoms with Crippen LogP contribution in [0.4, 0.5) is 0 Å². The number of carboxylic acid groups (broad SMARTS) is 1. The molecule has 5 heteroatoms. The van der Waals surface area contributed by atoms with Gasteiger partial charge in [0, 0.05) is 11.0 Å². The number of nitrogens with zero attached hydrogens (tertiary/aromatic N) is 1. The summed E-state index contributed by atoms with van der Waals surface area (Å²) in [6.45, 7) is 0. The molecule has 0 bridgehead atoms. The van der Waals surface area contributed by atoms with E-state index in [1.165, 1.54) is 11.3 Å². The summed E-state index contributed by atoms with van der Waals surface area (Å²) in [5.74, 6) is -1.10. The van der Waals surface area contributed by atoms with E-state index in [0.717, 1.165) is 6.08 Å². The van der Waals surface area contributed by atoms with E-state index in [2.05, 4.69) is 0 Å². The number of thiophene rings is 1. The summed E-state index contributed by atoms with van der Waals surface area (Å²) in [5, 5.41) is 18.8. The number of carboxylic acids is 1. The number of hydrogen-bond donors (Lipinski definition) is 1. The van der Waals surface area contributed by atoms with Gasteiger partial charge >= 0.3 is 57.4 Å². The van der Waals surface area contributed by atoms with E-state index in [9.17, 15) is 4.79 Å². The molecule has 1 aromatic rings.